The maximum Gasteiger partial charge on any atom is 0.248 e. The zero-order valence-electron chi connectivity index (χ0n) is 24.1. The molecule has 1 N–H and O–H groups in total. The normalized spacial score (nSPS) is 28.4. The summed E-state index contributed by atoms with van der Waals surface area (Å²) < 4.78 is 6.93. The minimum absolute atomic E-state index is 0.0124. The zero-order chi connectivity index (χ0) is 28.9. The third kappa shape index (κ3) is 5.00. The minimum atomic E-state index is -1.06. The van der Waals surface area contributed by atoms with Crippen molar-refractivity contribution in [2.24, 2.45) is 11.8 Å². The Morgan fingerprint density at radius 2 is 1.80 bits per heavy atom. The lowest BCUT2D eigenvalue weighted by Gasteiger charge is -2.37. The first-order valence-electron chi connectivity index (χ1n) is 14.8. The van der Waals surface area contributed by atoms with Gasteiger partial charge in [-0.1, -0.05) is 50.6 Å². The Morgan fingerprint density at radius 1 is 1.07 bits per heavy atom. The van der Waals surface area contributed by atoms with Gasteiger partial charge in [0.1, 0.15) is 11.6 Å². The van der Waals surface area contributed by atoms with Crippen molar-refractivity contribution >= 4 is 23.4 Å². The quantitative estimate of drug-likeness (QED) is 0.263. The second-order valence-electron chi connectivity index (χ2n) is 11.3. The van der Waals surface area contributed by atoms with E-state index in [4.69, 9.17) is 4.74 Å². The van der Waals surface area contributed by atoms with Crippen LogP contribution in [0.1, 0.15) is 58.8 Å². The molecule has 8 nitrogen and oxygen atoms in total. The monoisotopic (exact) mass is 551 g/mol. The van der Waals surface area contributed by atoms with Gasteiger partial charge < -0.3 is 24.5 Å². The third-order valence-electron chi connectivity index (χ3n) is 9.08. The summed E-state index contributed by atoms with van der Waals surface area (Å²) in [6.45, 7) is 13.4. The van der Waals surface area contributed by atoms with E-state index in [0.717, 1.165) is 18.5 Å². The molecular formula is C32H45N3O5. The van der Waals surface area contributed by atoms with Gasteiger partial charge in [-0.15, -0.1) is 13.2 Å². The molecule has 1 spiro atoms. The van der Waals surface area contributed by atoms with Crippen molar-refractivity contribution in [2.75, 3.05) is 37.7 Å². The Bertz CT molecular complexity index is 1090. The molecule has 0 radical (unpaired) electrons. The lowest BCUT2D eigenvalue weighted by Crippen LogP contribution is -2.56. The molecule has 8 heteroatoms. The molecule has 1 aromatic rings. The van der Waals surface area contributed by atoms with E-state index in [9.17, 15) is 19.5 Å². The molecule has 0 saturated carbocycles. The van der Waals surface area contributed by atoms with Crippen molar-refractivity contribution < 1.29 is 24.2 Å². The first-order chi connectivity index (χ1) is 19.4. The third-order valence-corrected chi connectivity index (χ3v) is 9.08. The molecule has 5 atom stereocenters. The minimum Gasteiger partial charge on any atom is -0.396 e. The fourth-order valence-corrected chi connectivity index (χ4v) is 7.20. The lowest BCUT2D eigenvalue weighted by molar-refractivity contribution is -0.152. The summed E-state index contributed by atoms with van der Waals surface area (Å²) in [4.78, 5) is 48.3. The van der Waals surface area contributed by atoms with Gasteiger partial charge in [0.05, 0.1) is 17.4 Å². The van der Waals surface area contributed by atoms with Gasteiger partial charge in [0, 0.05) is 38.5 Å². The topological polar surface area (TPSA) is 90.4 Å². The number of aliphatic hydroxyl groups excluding tert-OH is 1. The standard InChI is InChI=1S/C32H45N3O5/c1-5-9-21-33(19-6-2)30(39)27-32-18-17-31(8-4,40-32)25(26(32)29(38)35(27)22-13-14-23-36)28(37)34(20-7-3)24-15-11-10-12-16-24/h6-7,10-12,15-16,25-27,36H,2-3,5,8-9,13-14,17-23H2,1,4H3/t25-,26-,27?,31+,32?/m0/s1. The number of para-hydroxylation sites is 1. The fourth-order valence-electron chi connectivity index (χ4n) is 7.20. The smallest absolute Gasteiger partial charge is 0.248 e. The summed E-state index contributed by atoms with van der Waals surface area (Å²) >= 11 is 0. The molecule has 0 aliphatic carbocycles. The van der Waals surface area contributed by atoms with Crippen molar-refractivity contribution in [1.82, 2.24) is 9.80 Å². The number of carbonyl (C=O) groups excluding carboxylic acids is 3. The van der Waals surface area contributed by atoms with Crippen molar-refractivity contribution in [3.8, 4) is 0 Å². The summed E-state index contributed by atoms with van der Waals surface area (Å²) in [5.41, 5.74) is -1.13. The Balaban J connectivity index is 1.79. The Morgan fingerprint density at radius 3 is 2.42 bits per heavy atom. The number of amides is 3. The molecule has 3 heterocycles. The van der Waals surface area contributed by atoms with E-state index >= 15 is 0 Å². The van der Waals surface area contributed by atoms with Crippen LogP contribution in [0.5, 0.6) is 0 Å². The predicted octanol–water partition coefficient (Wildman–Crippen LogP) is 3.95. The number of aliphatic hydroxyl groups is 1. The van der Waals surface area contributed by atoms with E-state index < -0.39 is 29.1 Å². The number of fused-ring (bicyclic) bond motifs is 1. The van der Waals surface area contributed by atoms with E-state index in [1.165, 1.54) is 0 Å². The van der Waals surface area contributed by atoms with Crippen molar-refractivity contribution in [3.63, 3.8) is 0 Å². The van der Waals surface area contributed by atoms with Gasteiger partial charge in [-0.25, -0.2) is 0 Å². The van der Waals surface area contributed by atoms with Crippen LogP contribution in [-0.2, 0) is 19.1 Å². The predicted molar refractivity (Wildman–Crippen MR) is 156 cm³/mol. The van der Waals surface area contributed by atoms with Crippen LogP contribution in [0.3, 0.4) is 0 Å². The number of likely N-dealkylation sites (tertiary alicyclic amines) is 1. The number of ether oxygens (including phenoxy) is 1. The fraction of sp³-hybridized carbons (Fsp3) is 0.594. The highest BCUT2D eigenvalue weighted by Crippen LogP contribution is 2.64. The highest BCUT2D eigenvalue weighted by molar-refractivity contribution is 6.03. The second kappa shape index (κ2) is 12.7. The zero-order valence-corrected chi connectivity index (χ0v) is 24.1. The highest BCUT2D eigenvalue weighted by atomic mass is 16.5. The number of hydrogen-bond acceptors (Lipinski definition) is 5. The van der Waals surface area contributed by atoms with Gasteiger partial charge in [0.2, 0.25) is 17.7 Å². The number of anilines is 1. The molecule has 3 fully saturated rings. The first kappa shape index (κ1) is 30.0. The largest absolute Gasteiger partial charge is 0.396 e. The average Bonchev–Trinajstić information content (AvgIpc) is 3.57. The van der Waals surface area contributed by atoms with E-state index in [1.807, 2.05) is 37.3 Å². The molecule has 0 aromatic heterocycles. The van der Waals surface area contributed by atoms with Crippen LogP contribution in [0.25, 0.3) is 0 Å². The Kier molecular flexibility index (Phi) is 9.52. The van der Waals surface area contributed by atoms with Gasteiger partial charge in [0.25, 0.3) is 0 Å². The molecule has 40 heavy (non-hydrogen) atoms. The number of unbranched alkanes of at least 4 members (excludes halogenated alkanes) is 2. The molecule has 4 rings (SSSR count). The lowest BCUT2D eigenvalue weighted by atomic mass is 9.64. The van der Waals surface area contributed by atoms with Gasteiger partial charge in [-0.3, -0.25) is 14.4 Å². The van der Waals surface area contributed by atoms with Gasteiger partial charge in [0.15, 0.2) is 0 Å². The van der Waals surface area contributed by atoms with Crippen LogP contribution < -0.4 is 4.90 Å². The molecule has 3 aliphatic heterocycles. The van der Waals surface area contributed by atoms with Gasteiger partial charge in [-0.2, -0.15) is 0 Å². The average molecular weight is 552 g/mol. The van der Waals surface area contributed by atoms with Gasteiger partial charge >= 0.3 is 0 Å². The van der Waals surface area contributed by atoms with Crippen LogP contribution in [0.2, 0.25) is 0 Å². The van der Waals surface area contributed by atoms with E-state index in [2.05, 4.69) is 20.1 Å². The Hall–Kier alpha value is -2.97. The molecule has 2 unspecified atom stereocenters. The molecule has 218 valence electrons. The number of hydrogen-bond donors (Lipinski definition) is 1. The molecule has 3 saturated heterocycles. The highest BCUT2D eigenvalue weighted by Gasteiger charge is 2.79. The van der Waals surface area contributed by atoms with Crippen molar-refractivity contribution in [2.45, 2.75) is 76.0 Å². The molecule has 2 bridgehead atoms. The van der Waals surface area contributed by atoms with Crippen molar-refractivity contribution in [1.29, 1.82) is 0 Å². The number of carbonyl (C=O) groups is 3. The summed E-state index contributed by atoms with van der Waals surface area (Å²) in [6, 6.07) is 8.63. The van der Waals surface area contributed by atoms with Crippen LogP contribution in [0, 0.1) is 11.8 Å². The van der Waals surface area contributed by atoms with E-state index in [0.29, 0.717) is 58.3 Å². The number of rotatable bonds is 15. The van der Waals surface area contributed by atoms with E-state index in [-0.39, 0.29) is 24.3 Å². The first-order valence-corrected chi connectivity index (χ1v) is 14.8. The maximum atomic E-state index is 14.5. The van der Waals surface area contributed by atoms with Crippen molar-refractivity contribution in [3.05, 3.63) is 55.6 Å². The summed E-state index contributed by atoms with van der Waals surface area (Å²) in [5, 5.41) is 9.43. The molecule has 3 aliphatic rings. The Labute approximate surface area is 238 Å². The summed E-state index contributed by atoms with van der Waals surface area (Å²) in [7, 11) is 0. The van der Waals surface area contributed by atoms with Gasteiger partial charge in [-0.05, 0) is 50.7 Å². The maximum absolute atomic E-state index is 14.5. The SMILES string of the molecule is C=CCN(CCCC)C(=O)C1N(CCCCO)C(=O)[C@@H]2[C@@H](C(=O)N(CC=C)c3ccccc3)[C@@]3(CC)CCC12O3. The molecular weight excluding hydrogens is 506 g/mol. The van der Waals surface area contributed by atoms with E-state index in [1.54, 1.807) is 26.9 Å². The van der Waals surface area contributed by atoms with Crippen LogP contribution in [-0.4, -0.2) is 82.7 Å². The second-order valence-corrected chi connectivity index (χ2v) is 11.3. The summed E-state index contributed by atoms with van der Waals surface area (Å²) in [5.74, 6) is -1.94. The number of nitrogens with zero attached hydrogens (tertiary/aromatic N) is 3. The number of benzene rings is 1. The summed E-state index contributed by atoms with van der Waals surface area (Å²) in [6.07, 6.45) is 8.02. The van der Waals surface area contributed by atoms with Crippen LogP contribution in [0.15, 0.2) is 55.6 Å². The molecule has 3 amide bonds. The van der Waals surface area contributed by atoms with Crippen LogP contribution >= 0.6 is 0 Å². The van der Waals surface area contributed by atoms with Crippen LogP contribution in [0.4, 0.5) is 5.69 Å². The molecule has 1 aromatic carbocycles.